The molecule has 2 rings (SSSR count). The number of likely N-dealkylation sites (tertiary alicyclic amines) is 1. The van der Waals surface area contributed by atoms with Gasteiger partial charge in [-0.2, -0.15) is 0 Å². The minimum atomic E-state index is 0.512. The molecular formula is C13H19Cl2N3. The zero-order chi connectivity index (χ0) is 13.1. The Balaban J connectivity index is 1.93. The zero-order valence-electron chi connectivity index (χ0n) is 10.9. The van der Waals surface area contributed by atoms with Crippen LogP contribution in [0.2, 0.25) is 10.2 Å². The normalized spacial score (nSPS) is 18.5. The van der Waals surface area contributed by atoms with Crippen LogP contribution in [-0.2, 0) is 6.54 Å². The van der Waals surface area contributed by atoms with Crippen molar-refractivity contribution in [2.24, 2.45) is 0 Å². The maximum Gasteiger partial charge on any atom is 0.129 e. The van der Waals surface area contributed by atoms with Gasteiger partial charge in [-0.3, -0.25) is 4.90 Å². The maximum atomic E-state index is 6.14. The SMILES string of the molecule is CN(C)C1CCN(Cc2nc(Cl)ccc2Cl)CC1. The van der Waals surface area contributed by atoms with Crippen LogP contribution in [0, 0.1) is 0 Å². The van der Waals surface area contributed by atoms with Crippen LogP contribution in [-0.4, -0.2) is 48.0 Å². The van der Waals surface area contributed by atoms with Crippen LogP contribution < -0.4 is 0 Å². The van der Waals surface area contributed by atoms with Gasteiger partial charge in [-0.1, -0.05) is 23.2 Å². The van der Waals surface area contributed by atoms with Crippen molar-refractivity contribution < 1.29 is 0 Å². The van der Waals surface area contributed by atoms with Crippen LogP contribution in [0.4, 0.5) is 0 Å². The molecule has 0 radical (unpaired) electrons. The van der Waals surface area contributed by atoms with Crippen LogP contribution in [0.3, 0.4) is 0 Å². The molecular weight excluding hydrogens is 269 g/mol. The summed E-state index contributed by atoms with van der Waals surface area (Å²) in [4.78, 5) is 9.00. The average Bonchev–Trinajstić information content (AvgIpc) is 2.34. The molecule has 2 heterocycles. The second-order valence-electron chi connectivity index (χ2n) is 5.03. The molecule has 0 N–H and O–H groups in total. The molecule has 1 saturated heterocycles. The molecule has 0 unspecified atom stereocenters. The van der Waals surface area contributed by atoms with Crippen LogP contribution in [0.5, 0.6) is 0 Å². The molecule has 0 aromatic carbocycles. The molecule has 1 aliphatic heterocycles. The van der Waals surface area contributed by atoms with Crippen molar-refractivity contribution in [1.82, 2.24) is 14.8 Å². The third-order valence-corrected chi connectivity index (χ3v) is 4.10. The van der Waals surface area contributed by atoms with Gasteiger partial charge >= 0.3 is 0 Å². The van der Waals surface area contributed by atoms with E-state index in [9.17, 15) is 0 Å². The monoisotopic (exact) mass is 287 g/mol. The molecule has 0 bridgehead atoms. The first-order valence-electron chi connectivity index (χ1n) is 6.26. The summed E-state index contributed by atoms with van der Waals surface area (Å²) in [5, 5.41) is 1.21. The minimum Gasteiger partial charge on any atom is -0.306 e. The van der Waals surface area contributed by atoms with Crippen molar-refractivity contribution in [2.45, 2.75) is 25.4 Å². The average molecular weight is 288 g/mol. The minimum absolute atomic E-state index is 0.512. The Bertz CT molecular complexity index is 401. The fourth-order valence-corrected chi connectivity index (χ4v) is 2.70. The van der Waals surface area contributed by atoms with E-state index >= 15 is 0 Å². The molecule has 0 saturated carbocycles. The van der Waals surface area contributed by atoms with Crippen molar-refractivity contribution >= 4 is 23.2 Å². The van der Waals surface area contributed by atoms with Crippen LogP contribution >= 0.6 is 23.2 Å². The van der Waals surface area contributed by atoms with E-state index in [0.717, 1.165) is 25.3 Å². The van der Waals surface area contributed by atoms with Gasteiger partial charge in [0.1, 0.15) is 5.15 Å². The Labute approximate surface area is 119 Å². The Morgan fingerprint density at radius 2 is 1.94 bits per heavy atom. The van der Waals surface area contributed by atoms with Crippen molar-refractivity contribution in [3.8, 4) is 0 Å². The predicted molar refractivity (Wildman–Crippen MR) is 76.2 cm³/mol. The fourth-order valence-electron chi connectivity index (χ4n) is 2.37. The highest BCUT2D eigenvalue weighted by Crippen LogP contribution is 2.21. The van der Waals surface area contributed by atoms with E-state index in [-0.39, 0.29) is 0 Å². The number of rotatable bonds is 3. The lowest BCUT2D eigenvalue weighted by atomic mass is 10.0. The second-order valence-corrected chi connectivity index (χ2v) is 5.83. The van der Waals surface area contributed by atoms with Crippen molar-refractivity contribution in [3.05, 3.63) is 28.0 Å². The quantitative estimate of drug-likeness (QED) is 0.797. The molecule has 100 valence electrons. The van der Waals surface area contributed by atoms with E-state index in [1.807, 2.05) is 6.07 Å². The van der Waals surface area contributed by atoms with E-state index in [4.69, 9.17) is 23.2 Å². The molecule has 0 aliphatic carbocycles. The third kappa shape index (κ3) is 3.58. The smallest absolute Gasteiger partial charge is 0.129 e. The summed E-state index contributed by atoms with van der Waals surface area (Å²) in [6, 6.07) is 4.24. The van der Waals surface area contributed by atoms with Gasteiger partial charge in [-0.25, -0.2) is 4.98 Å². The van der Waals surface area contributed by atoms with Crippen LogP contribution in [0.15, 0.2) is 12.1 Å². The lowest BCUT2D eigenvalue weighted by Crippen LogP contribution is -2.41. The molecule has 0 amide bonds. The number of aromatic nitrogens is 1. The van der Waals surface area contributed by atoms with Crippen LogP contribution in [0.25, 0.3) is 0 Å². The maximum absolute atomic E-state index is 6.14. The summed E-state index contributed by atoms with van der Waals surface area (Å²) in [6.07, 6.45) is 2.40. The van der Waals surface area contributed by atoms with Gasteiger partial charge in [0.05, 0.1) is 10.7 Å². The summed E-state index contributed by atoms with van der Waals surface area (Å²) in [5.41, 5.74) is 0.882. The molecule has 1 fully saturated rings. The highest BCUT2D eigenvalue weighted by molar-refractivity contribution is 6.32. The summed E-state index contributed by atoms with van der Waals surface area (Å²) < 4.78 is 0. The van der Waals surface area contributed by atoms with E-state index in [1.54, 1.807) is 6.07 Å². The Kier molecular flexibility index (Phi) is 4.84. The highest BCUT2D eigenvalue weighted by Gasteiger charge is 2.21. The summed E-state index contributed by atoms with van der Waals surface area (Å²) >= 11 is 12.0. The van der Waals surface area contributed by atoms with Crippen molar-refractivity contribution in [3.63, 3.8) is 0 Å². The Hall–Kier alpha value is -0.350. The summed E-state index contributed by atoms with van der Waals surface area (Å²) in [6.45, 7) is 2.97. The molecule has 1 aliphatic rings. The van der Waals surface area contributed by atoms with Gasteiger partial charge in [0.2, 0.25) is 0 Å². The largest absolute Gasteiger partial charge is 0.306 e. The predicted octanol–water partition coefficient (Wildman–Crippen LogP) is 2.91. The molecule has 1 aromatic rings. The van der Waals surface area contributed by atoms with Gasteiger partial charge in [0.15, 0.2) is 0 Å². The first-order chi connectivity index (χ1) is 8.56. The number of hydrogen-bond acceptors (Lipinski definition) is 3. The highest BCUT2D eigenvalue weighted by atomic mass is 35.5. The Morgan fingerprint density at radius 3 is 2.56 bits per heavy atom. The first-order valence-corrected chi connectivity index (χ1v) is 7.01. The van der Waals surface area contributed by atoms with Gasteiger partial charge in [0, 0.05) is 25.7 Å². The lowest BCUT2D eigenvalue weighted by Gasteiger charge is -2.35. The molecule has 0 spiro atoms. The number of halogens is 2. The van der Waals surface area contributed by atoms with E-state index in [1.165, 1.54) is 12.8 Å². The molecule has 0 atom stereocenters. The number of nitrogens with zero attached hydrogens (tertiary/aromatic N) is 3. The zero-order valence-corrected chi connectivity index (χ0v) is 12.4. The van der Waals surface area contributed by atoms with E-state index in [0.29, 0.717) is 16.2 Å². The number of pyridine rings is 1. The number of piperidine rings is 1. The molecule has 1 aromatic heterocycles. The first kappa shape index (κ1) is 14.1. The van der Waals surface area contributed by atoms with E-state index < -0.39 is 0 Å². The molecule has 5 heteroatoms. The topological polar surface area (TPSA) is 19.4 Å². The van der Waals surface area contributed by atoms with Crippen LogP contribution in [0.1, 0.15) is 18.5 Å². The Morgan fingerprint density at radius 1 is 1.28 bits per heavy atom. The fraction of sp³-hybridized carbons (Fsp3) is 0.615. The van der Waals surface area contributed by atoms with Gasteiger partial charge < -0.3 is 4.90 Å². The summed E-state index contributed by atoms with van der Waals surface area (Å²) in [7, 11) is 4.30. The lowest BCUT2D eigenvalue weighted by molar-refractivity contribution is 0.139. The molecule has 18 heavy (non-hydrogen) atoms. The van der Waals surface area contributed by atoms with Gasteiger partial charge in [-0.15, -0.1) is 0 Å². The van der Waals surface area contributed by atoms with E-state index in [2.05, 4.69) is 28.9 Å². The van der Waals surface area contributed by atoms with Gasteiger partial charge in [-0.05, 0) is 39.1 Å². The standard InChI is InChI=1S/C13H19Cl2N3/c1-17(2)10-5-7-18(8-6-10)9-12-11(14)3-4-13(15)16-12/h3-4,10H,5-9H2,1-2H3. The molecule has 3 nitrogen and oxygen atoms in total. The van der Waals surface area contributed by atoms with Crippen molar-refractivity contribution in [2.75, 3.05) is 27.2 Å². The van der Waals surface area contributed by atoms with Crippen molar-refractivity contribution in [1.29, 1.82) is 0 Å². The number of hydrogen-bond donors (Lipinski definition) is 0. The second kappa shape index (κ2) is 6.20. The van der Waals surface area contributed by atoms with Gasteiger partial charge in [0.25, 0.3) is 0 Å². The summed E-state index contributed by atoms with van der Waals surface area (Å²) in [5.74, 6) is 0. The third-order valence-electron chi connectivity index (χ3n) is 3.55.